The van der Waals surface area contributed by atoms with Crippen LogP contribution in [0.1, 0.15) is 63.0 Å². The monoisotopic (exact) mass is 582 g/mol. The number of nitrogens with two attached hydrogens (primary N) is 1. The van der Waals surface area contributed by atoms with Gasteiger partial charge in [-0.25, -0.2) is 25.5 Å². The fourth-order valence-corrected chi connectivity index (χ4v) is 10.5. The highest BCUT2D eigenvalue weighted by atomic mass is 32.2. The number of amides is 1. The van der Waals surface area contributed by atoms with Crippen molar-refractivity contribution in [2.45, 2.75) is 74.7 Å². The Morgan fingerprint density at radius 3 is 2.59 bits per heavy atom. The quantitative estimate of drug-likeness (QED) is 0.518. The number of rotatable bonds is 6. The van der Waals surface area contributed by atoms with Crippen LogP contribution >= 0.6 is 0 Å². The Morgan fingerprint density at radius 1 is 1.26 bits per heavy atom. The van der Waals surface area contributed by atoms with Gasteiger partial charge in [0.2, 0.25) is 15.9 Å². The number of carbonyl (C=O) groups is 1. The second-order valence-electron chi connectivity index (χ2n) is 13.0. The first-order chi connectivity index (χ1) is 18.0. The van der Waals surface area contributed by atoms with E-state index in [0.717, 1.165) is 25.5 Å². The number of halogens is 1. The predicted molar refractivity (Wildman–Crippen MR) is 142 cm³/mol. The lowest BCUT2D eigenvalue weighted by Gasteiger charge is -2.42. The van der Waals surface area contributed by atoms with Crippen molar-refractivity contribution in [1.82, 2.24) is 9.62 Å². The van der Waals surface area contributed by atoms with Crippen LogP contribution in [0, 0.1) is 23.1 Å². The molecule has 13 heteroatoms. The van der Waals surface area contributed by atoms with Crippen molar-refractivity contribution < 1.29 is 30.8 Å². The van der Waals surface area contributed by atoms with Gasteiger partial charge in [-0.3, -0.25) is 4.79 Å². The molecule has 4 bridgehead atoms. The highest BCUT2D eigenvalue weighted by Gasteiger charge is 2.67. The summed E-state index contributed by atoms with van der Waals surface area (Å²) >= 11 is 0. The normalized spacial score (nSPS) is 36.7. The smallest absolute Gasteiger partial charge is 0.301 e. The van der Waals surface area contributed by atoms with Crippen LogP contribution in [0.25, 0.3) is 0 Å². The fraction of sp³-hybridized carbons (Fsp3) is 0.692. The van der Waals surface area contributed by atoms with Gasteiger partial charge in [0.25, 0.3) is 10.0 Å². The molecule has 7 rings (SSSR count). The van der Waals surface area contributed by atoms with E-state index in [0.29, 0.717) is 37.4 Å². The third-order valence-electron chi connectivity index (χ3n) is 9.88. The summed E-state index contributed by atoms with van der Waals surface area (Å²) in [5.74, 6) is -0.378. The molecule has 0 radical (unpaired) electrons. The molecule has 3 N–H and O–H groups in total. The summed E-state index contributed by atoms with van der Waals surface area (Å²) in [5, 5.41) is 2.19. The van der Waals surface area contributed by atoms with Crippen LogP contribution in [0.2, 0.25) is 0 Å². The first-order valence-electron chi connectivity index (χ1n) is 13.4. The van der Waals surface area contributed by atoms with E-state index in [2.05, 4.69) is 9.71 Å². The lowest BCUT2D eigenvalue weighted by molar-refractivity contribution is -0.130. The highest BCUT2D eigenvalue weighted by molar-refractivity contribution is 7.91. The molecule has 4 aliphatic carbocycles. The molecule has 2 aliphatic heterocycles. The predicted octanol–water partition coefficient (Wildman–Crippen LogP) is 1.61. The Balaban J connectivity index is 1.20. The van der Waals surface area contributed by atoms with Gasteiger partial charge in [-0.15, -0.1) is 4.40 Å². The van der Waals surface area contributed by atoms with E-state index < -0.39 is 47.7 Å². The number of hydrogen-bond donors (Lipinski definition) is 2. The maximum atomic E-state index is 15.1. The highest BCUT2D eigenvalue weighted by Crippen LogP contribution is 2.66. The van der Waals surface area contributed by atoms with Gasteiger partial charge in [0.15, 0.2) is 0 Å². The van der Waals surface area contributed by atoms with Crippen molar-refractivity contribution >= 4 is 32.0 Å². The molecule has 10 nitrogen and oxygen atoms in total. The van der Waals surface area contributed by atoms with E-state index in [1.807, 2.05) is 0 Å². The summed E-state index contributed by atoms with van der Waals surface area (Å²) in [5.41, 5.74) is 4.46. The van der Waals surface area contributed by atoms with Gasteiger partial charge in [-0.1, -0.05) is 12.1 Å². The molecule has 1 aromatic rings. The molecule has 0 spiro atoms. The molecule has 39 heavy (non-hydrogen) atoms. The zero-order chi connectivity index (χ0) is 28.2. The Kier molecular flexibility index (Phi) is 5.79. The number of benzene rings is 1. The van der Waals surface area contributed by atoms with Crippen molar-refractivity contribution in [2.24, 2.45) is 27.4 Å². The molecule has 4 saturated carbocycles. The summed E-state index contributed by atoms with van der Waals surface area (Å²) in [4.78, 5) is 12.3. The van der Waals surface area contributed by atoms with Gasteiger partial charge in [0.1, 0.15) is 16.7 Å². The van der Waals surface area contributed by atoms with E-state index in [9.17, 15) is 21.6 Å². The average molecular weight is 583 g/mol. The van der Waals surface area contributed by atoms with Gasteiger partial charge < -0.3 is 15.8 Å². The maximum Gasteiger partial charge on any atom is 0.301 e. The standard InChI is InChI=1S/C26H35FN4O6S2/c1-24(2)21(8-17-5-4-16(7-20(17)27)18-12-31(13-18)38(3,33)34)39(35,36)30-23(37-24)29-26-10-15-6-19(26)11-25(9-15,14-26)22(28)32/h4-5,7,15,18-19,21H,6,8-14H2,1-3H3,(H2,28,32)(H,29,30)/t15?,19?,21-,25?,26?/m1/s1. The van der Waals surface area contributed by atoms with Gasteiger partial charge >= 0.3 is 6.02 Å². The molecule has 214 valence electrons. The van der Waals surface area contributed by atoms with Crippen molar-refractivity contribution in [3.8, 4) is 0 Å². The largest absolute Gasteiger partial charge is 0.457 e. The molecular formula is C26H35FN4O6S2. The minimum atomic E-state index is -4.08. The lowest BCUT2D eigenvalue weighted by atomic mass is 9.68. The summed E-state index contributed by atoms with van der Waals surface area (Å²) in [7, 11) is -7.35. The van der Waals surface area contributed by atoms with Crippen LogP contribution < -0.4 is 11.1 Å². The van der Waals surface area contributed by atoms with E-state index in [4.69, 9.17) is 10.5 Å². The summed E-state index contributed by atoms with van der Waals surface area (Å²) < 4.78 is 76.7. The second kappa shape index (κ2) is 8.39. The first kappa shape index (κ1) is 26.9. The van der Waals surface area contributed by atoms with E-state index in [-0.39, 0.29) is 35.7 Å². The summed E-state index contributed by atoms with van der Waals surface area (Å²) in [6.07, 6.45) is 4.82. The zero-order valence-corrected chi connectivity index (χ0v) is 23.9. The molecule has 5 fully saturated rings. The molecule has 6 aliphatic rings. The van der Waals surface area contributed by atoms with Gasteiger partial charge in [-0.2, -0.15) is 0 Å². The molecule has 1 aromatic carbocycles. The summed E-state index contributed by atoms with van der Waals surface area (Å²) in [6.45, 7) is 3.91. The summed E-state index contributed by atoms with van der Waals surface area (Å²) in [6, 6.07) is 4.58. The lowest BCUT2D eigenvalue weighted by Crippen LogP contribution is -2.58. The van der Waals surface area contributed by atoms with Crippen LogP contribution in [0.3, 0.4) is 0 Å². The number of amidine groups is 1. The first-order valence-corrected chi connectivity index (χ1v) is 16.7. The van der Waals surface area contributed by atoms with Gasteiger partial charge in [-0.05, 0) is 81.4 Å². The molecule has 0 aromatic heterocycles. The van der Waals surface area contributed by atoms with E-state index in [1.54, 1.807) is 26.0 Å². The van der Waals surface area contributed by atoms with E-state index in [1.165, 1.54) is 10.4 Å². The number of nitrogens with one attached hydrogen (secondary N) is 1. The Bertz CT molecular complexity index is 1490. The second-order valence-corrected chi connectivity index (χ2v) is 16.7. The molecular weight excluding hydrogens is 547 g/mol. The number of carbonyl (C=O) groups excluding carboxylic acids is 1. The SMILES string of the molecule is CC1(C)OC(NC23CC4CC2CC(C(N)=O)(C4)C3)=NS(=O)(=O)[C@@H]1Cc1ccc(C2CN(S(C)(=O)=O)C2)cc1F. The van der Waals surface area contributed by atoms with Crippen LogP contribution in [0.4, 0.5) is 4.39 Å². The zero-order valence-electron chi connectivity index (χ0n) is 22.3. The van der Waals surface area contributed by atoms with Crippen molar-refractivity contribution in [2.75, 3.05) is 19.3 Å². The molecule has 1 saturated heterocycles. The Hall–Kier alpha value is -2.25. The third kappa shape index (κ3) is 4.35. The molecule has 2 heterocycles. The maximum absolute atomic E-state index is 15.1. The molecule has 5 atom stereocenters. The topological polar surface area (TPSA) is 148 Å². The Labute approximate surface area is 228 Å². The third-order valence-corrected chi connectivity index (χ3v) is 13.0. The van der Waals surface area contributed by atoms with E-state index >= 15 is 4.39 Å². The fourth-order valence-electron chi connectivity index (χ4n) is 7.97. The van der Waals surface area contributed by atoms with Crippen LogP contribution in [0.5, 0.6) is 0 Å². The van der Waals surface area contributed by atoms with Crippen LogP contribution in [-0.4, -0.2) is 68.8 Å². The minimum absolute atomic E-state index is 0.0692. The average Bonchev–Trinajstić information content (AvgIpc) is 3.10. The van der Waals surface area contributed by atoms with Crippen LogP contribution in [-0.2, 0) is 36.0 Å². The van der Waals surface area contributed by atoms with Crippen molar-refractivity contribution in [3.63, 3.8) is 0 Å². The number of hydrogen-bond acceptors (Lipinski definition) is 7. The number of sulfonamides is 2. The minimum Gasteiger partial charge on any atom is -0.457 e. The van der Waals surface area contributed by atoms with Crippen molar-refractivity contribution in [1.29, 1.82) is 0 Å². The number of nitrogens with zero attached hydrogens (tertiary/aromatic N) is 2. The molecule has 1 amide bonds. The Morgan fingerprint density at radius 2 is 1.97 bits per heavy atom. The number of ether oxygens (including phenoxy) is 1. The van der Waals surface area contributed by atoms with Crippen LogP contribution in [0.15, 0.2) is 22.6 Å². The molecule has 4 unspecified atom stereocenters. The van der Waals surface area contributed by atoms with Gasteiger partial charge in [0, 0.05) is 24.5 Å². The van der Waals surface area contributed by atoms with Gasteiger partial charge in [0.05, 0.1) is 11.7 Å². The number of primary amides is 1. The van der Waals surface area contributed by atoms with Crippen molar-refractivity contribution in [3.05, 3.63) is 35.1 Å².